The number of morpholine rings is 1. The number of carbonyl (C=O) groups excluding carboxylic acids is 2. The third-order valence-electron chi connectivity index (χ3n) is 4.22. The van der Waals surface area contributed by atoms with E-state index in [-0.39, 0.29) is 18.5 Å². The Bertz CT molecular complexity index is 552. The molecule has 2 fully saturated rings. The molecule has 20 heavy (non-hydrogen) atoms. The molecule has 0 aromatic heterocycles. The summed E-state index contributed by atoms with van der Waals surface area (Å²) in [5.41, 5.74) is -0.316. The minimum absolute atomic E-state index is 0.172. The van der Waals surface area contributed by atoms with E-state index in [0.29, 0.717) is 30.0 Å². The van der Waals surface area contributed by atoms with E-state index >= 15 is 0 Å². The highest BCUT2D eigenvalue weighted by Gasteiger charge is 2.51. The fraction of sp³-hybridized carbons (Fsp3) is 0.467. The molecule has 3 rings (SSSR count). The number of halogens is 1. The fourth-order valence-corrected chi connectivity index (χ4v) is 3.41. The van der Waals surface area contributed by atoms with E-state index in [2.05, 4.69) is 0 Å². The number of benzene rings is 1. The van der Waals surface area contributed by atoms with E-state index in [1.165, 1.54) is 0 Å². The van der Waals surface area contributed by atoms with Gasteiger partial charge in [-0.05, 0) is 25.0 Å². The molecule has 1 amide bonds. The van der Waals surface area contributed by atoms with Gasteiger partial charge in [-0.15, -0.1) is 0 Å². The summed E-state index contributed by atoms with van der Waals surface area (Å²) < 4.78 is 5.20. The molecule has 1 aliphatic carbocycles. The highest BCUT2D eigenvalue weighted by Crippen LogP contribution is 2.39. The van der Waals surface area contributed by atoms with Crippen LogP contribution in [0.15, 0.2) is 24.3 Å². The van der Waals surface area contributed by atoms with E-state index in [1.54, 1.807) is 29.2 Å². The zero-order valence-corrected chi connectivity index (χ0v) is 11.9. The first-order valence-corrected chi connectivity index (χ1v) is 7.27. The van der Waals surface area contributed by atoms with Gasteiger partial charge in [0.1, 0.15) is 12.1 Å². The van der Waals surface area contributed by atoms with Gasteiger partial charge in [-0.1, -0.05) is 36.6 Å². The molecule has 4 nitrogen and oxygen atoms in total. The van der Waals surface area contributed by atoms with Crippen molar-refractivity contribution in [1.82, 2.24) is 4.90 Å². The lowest BCUT2D eigenvalue weighted by atomic mass is 9.92. The second-order valence-electron chi connectivity index (χ2n) is 5.31. The standard InChI is InChI=1S/C15H16ClNO3/c16-12-6-2-1-5-11(12)13(18)17-9-10-20-14(19)15(17)7-3-4-8-15/h1-2,5-6H,3-4,7-10H2. The lowest BCUT2D eigenvalue weighted by Crippen LogP contribution is -2.60. The number of nitrogens with zero attached hydrogens (tertiary/aromatic N) is 1. The minimum Gasteiger partial charge on any atom is -0.462 e. The van der Waals surface area contributed by atoms with E-state index in [9.17, 15) is 9.59 Å². The topological polar surface area (TPSA) is 46.6 Å². The third-order valence-corrected chi connectivity index (χ3v) is 4.55. The number of ether oxygens (including phenoxy) is 1. The SMILES string of the molecule is O=C(c1ccccc1Cl)N1CCOC(=O)C12CCCC2. The van der Waals surface area contributed by atoms with Gasteiger partial charge < -0.3 is 9.64 Å². The average Bonchev–Trinajstić information content (AvgIpc) is 2.92. The van der Waals surface area contributed by atoms with Crippen molar-refractivity contribution < 1.29 is 14.3 Å². The van der Waals surface area contributed by atoms with Crippen LogP contribution in [0, 0.1) is 0 Å². The predicted molar refractivity (Wildman–Crippen MR) is 74.6 cm³/mol. The second-order valence-corrected chi connectivity index (χ2v) is 5.72. The number of rotatable bonds is 1. The summed E-state index contributed by atoms with van der Waals surface area (Å²) in [7, 11) is 0. The average molecular weight is 294 g/mol. The van der Waals surface area contributed by atoms with Crippen LogP contribution in [0.1, 0.15) is 36.0 Å². The normalized spacial score (nSPS) is 21.1. The first kappa shape index (κ1) is 13.4. The van der Waals surface area contributed by atoms with Gasteiger partial charge in [0.25, 0.3) is 5.91 Å². The first-order chi connectivity index (χ1) is 9.65. The summed E-state index contributed by atoms with van der Waals surface area (Å²) >= 11 is 6.11. The molecule has 0 unspecified atom stereocenters. The van der Waals surface area contributed by atoms with Crippen LogP contribution in [0.4, 0.5) is 0 Å². The van der Waals surface area contributed by atoms with Crippen LogP contribution in [0.2, 0.25) is 5.02 Å². The van der Waals surface area contributed by atoms with Crippen molar-refractivity contribution >= 4 is 23.5 Å². The van der Waals surface area contributed by atoms with Gasteiger partial charge in [0, 0.05) is 0 Å². The van der Waals surface area contributed by atoms with Gasteiger partial charge in [0.05, 0.1) is 17.1 Å². The summed E-state index contributed by atoms with van der Waals surface area (Å²) in [6, 6.07) is 6.96. The Kier molecular flexibility index (Phi) is 3.42. The molecule has 0 bridgehead atoms. The molecule has 5 heteroatoms. The third kappa shape index (κ3) is 1.99. The van der Waals surface area contributed by atoms with Crippen LogP contribution >= 0.6 is 11.6 Å². The number of carbonyl (C=O) groups is 2. The predicted octanol–water partition coefficient (Wildman–Crippen LogP) is 2.65. The maximum absolute atomic E-state index is 12.8. The second kappa shape index (κ2) is 5.09. The van der Waals surface area contributed by atoms with Crippen molar-refractivity contribution in [1.29, 1.82) is 0 Å². The lowest BCUT2D eigenvalue weighted by molar-refractivity contribution is -0.164. The molecule has 1 aliphatic heterocycles. The largest absolute Gasteiger partial charge is 0.462 e. The van der Waals surface area contributed by atoms with Crippen molar-refractivity contribution in [3.05, 3.63) is 34.9 Å². The van der Waals surface area contributed by atoms with Crippen molar-refractivity contribution in [2.75, 3.05) is 13.2 Å². The zero-order valence-electron chi connectivity index (χ0n) is 11.1. The number of hydrogen-bond acceptors (Lipinski definition) is 3. The molecule has 0 radical (unpaired) electrons. The van der Waals surface area contributed by atoms with Crippen LogP contribution in [0.25, 0.3) is 0 Å². The summed E-state index contributed by atoms with van der Waals surface area (Å²) in [5, 5.41) is 0.421. The Morgan fingerprint density at radius 1 is 1.25 bits per heavy atom. The summed E-state index contributed by atoms with van der Waals surface area (Å²) in [6.45, 7) is 0.701. The van der Waals surface area contributed by atoms with Crippen LogP contribution in [-0.4, -0.2) is 35.5 Å². The Labute approximate surface area is 122 Å². The van der Waals surface area contributed by atoms with E-state index < -0.39 is 5.54 Å². The fourth-order valence-electron chi connectivity index (χ4n) is 3.20. The lowest BCUT2D eigenvalue weighted by Gasteiger charge is -2.42. The molecular weight excluding hydrogens is 278 g/mol. The minimum atomic E-state index is -0.769. The van der Waals surface area contributed by atoms with Crippen molar-refractivity contribution in [2.45, 2.75) is 31.2 Å². The molecule has 1 saturated carbocycles. The number of hydrogen-bond donors (Lipinski definition) is 0. The van der Waals surface area contributed by atoms with Crippen molar-refractivity contribution in [3.8, 4) is 0 Å². The highest BCUT2D eigenvalue weighted by molar-refractivity contribution is 6.33. The number of cyclic esters (lactones) is 1. The van der Waals surface area contributed by atoms with E-state index in [0.717, 1.165) is 12.8 Å². The molecular formula is C15H16ClNO3. The molecule has 1 heterocycles. The summed E-state index contributed by atoms with van der Waals surface area (Å²) in [6.07, 6.45) is 3.26. The monoisotopic (exact) mass is 293 g/mol. The molecule has 1 aromatic rings. The number of esters is 1. The van der Waals surface area contributed by atoms with Gasteiger partial charge in [0.15, 0.2) is 0 Å². The van der Waals surface area contributed by atoms with Crippen molar-refractivity contribution in [3.63, 3.8) is 0 Å². The Hall–Kier alpha value is -1.55. The zero-order chi connectivity index (χ0) is 14.2. The van der Waals surface area contributed by atoms with E-state index in [1.807, 2.05) is 0 Å². The van der Waals surface area contributed by atoms with Gasteiger partial charge in [0.2, 0.25) is 0 Å². The number of amides is 1. The van der Waals surface area contributed by atoms with Gasteiger partial charge >= 0.3 is 5.97 Å². The van der Waals surface area contributed by atoms with Crippen LogP contribution < -0.4 is 0 Å². The summed E-state index contributed by atoms with van der Waals surface area (Å²) in [4.78, 5) is 26.6. The molecule has 106 valence electrons. The van der Waals surface area contributed by atoms with Gasteiger partial charge in [-0.25, -0.2) is 4.79 Å². The first-order valence-electron chi connectivity index (χ1n) is 6.89. The highest BCUT2D eigenvalue weighted by atomic mass is 35.5. The Balaban J connectivity index is 1.97. The smallest absolute Gasteiger partial charge is 0.332 e. The molecule has 0 atom stereocenters. The van der Waals surface area contributed by atoms with Crippen molar-refractivity contribution in [2.24, 2.45) is 0 Å². The van der Waals surface area contributed by atoms with Crippen LogP contribution in [0.3, 0.4) is 0 Å². The van der Waals surface area contributed by atoms with Crippen LogP contribution in [0.5, 0.6) is 0 Å². The molecule has 0 N–H and O–H groups in total. The Morgan fingerprint density at radius 2 is 1.95 bits per heavy atom. The maximum Gasteiger partial charge on any atom is 0.332 e. The summed E-state index contributed by atoms with van der Waals surface area (Å²) in [5.74, 6) is -0.434. The molecule has 1 spiro atoms. The quantitative estimate of drug-likeness (QED) is 0.748. The Morgan fingerprint density at radius 3 is 2.65 bits per heavy atom. The molecule has 1 saturated heterocycles. The van der Waals surface area contributed by atoms with Crippen LogP contribution in [-0.2, 0) is 9.53 Å². The molecule has 2 aliphatic rings. The maximum atomic E-state index is 12.8. The molecule has 1 aromatic carbocycles. The van der Waals surface area contributed by atoms with Gasteiger partial charge in [-0.3, -0.25) is 4.79 Å². The van der Waals surface area contributed by atoms with E-state index in [4.69, 9.17) is 16.3 Å². The van der Waals surface area contributed by atoms with Gasteiger partial charge in [-0.2, -0.15) is 0 Å².